The summed E-state index contributed by atoms with van der Waals surface area (Å²) in [5, 5.41) is 30.1. The van der Waals surface area contributed by atoms with Gasteiger partial charge in [-0.25, -0.2) is 4.68 Å². The van der Waals surface area contributed by atoms with E-state index in [2.05, 4.69) is 10.2 Å². The minimum Gasteiger partial charge on any atom is -0.389 e. The van der Waals surface area contributed by atoms with Crippen molar-refractivity contribution >= 4 is 16.5 Å². The molecule has 1 aromatic carbocycles. The van der Waals surface area contributed by atoms with Gasteiger partial charge in [0.05, 0.1) is 35.2 Å². The van der Waals surface area contributed by atoms with Gasteiger partial charge in [0.1, 0.15) is 12.4 Å². The maximum Gasteiger partial charge on any atom is 0.306 e. The number of nitrogens with zero attached hydrogens (tertiary/aromatic N) is 5. The van der Waals surface area contributed by atoms with E-state index in [0.29, 0.717) is 11.1 Å². The average molecular weight is 329 g/mol. The number of hydrogen-bond acceptors (Lipinski definition) is 6. The molecule has 0 aliphatic heterocycles. The molecular formula is C15H15N5O4. The van der Waals surface area contributed by atoms with Crippen LogP contribution in [0.2, 0.25) is 0 Å². The topological polar surface area (TPSA) is 116 Å². The number of aliphatic hydroxyl groups is 1. The van der Waals surface area contributed by atoms with Crippen LogP contribution in [0.15, 0.2) is 41.5 Å². The van der Waals surface area contributed by atoms with Crippen molar-refractivity contribution in [2.45, 2.75) is 26.1 Å². The predicted molar refractivity (Wildman–Crippen MR) is 85.6 cm³/mol. The number of hydrogen-bond donors (Lipinski definition) is 1. The molecule has 0 unspecified atom stereocenters. The fourth-order valence-electron chi connectivity index (χ4n) is 2.55. The molecule has 0 amide bonds. The zero-order chi connectivity index (χ0) is 17.3. The Labute approximate surface area is 135 Å². The van der Waals surface area contributed by atoms with Crippen molar-refractivity contribution in [2.24, 2.45) is 0 Å². The van der Waals surface area contributed by atoms with Crippen molar-refractivity contribution in [3.05, 3.63) is 62.8 Å². The molecule has 0 saturated heterocycles. The van der Waals surface area contributed by atoms with Gasteiger partial charge in [-0.3, -0.25) is 19.6 Å². The van der Waals surface area contributed by atoms with E-state index in [1.54, 1.807) is 19.1 Å². The van der Waals surface area contributed by atoms with Crippen LogP contribution in [-0.2, 0) is 13.1 Å². The summed E-state index contributed by atoms with van der Waals surface area (Å²) in [6.07, 6.45) is 1.37. The Morgan fingerprint density at radius 2 is 2.00 bits per heavy atom. The summed E-state index contributed by atoms with van der Waals surface area (Å²) in [4.78, 5) is 22.5. The molecule has 2 aromatic heterocycles. The fourth-order valence-corrected chi connectivity index (χ4v) is 2.55. The van der Waals surface area contributed by atoms with Crippen LogP contribution in [0.3, 0.4) is 0 Å². The summed E-state index contributed by atoms with van der Waals surface area (Å²) in [7, 11) is 0. The van der Waals surface area contributed by atoms with Crippen LogP contribution >= 0.6 is 0 Å². The molecule has 9 heteroatoms. The Morgan fingerprint density at radius 1 is 1.29 bits per heavy atom. The van der Waals surface area contributed by atoms with Crippen molar-refractivity contribution in [3.63, 3.8) is 0 Å². The second-order valence-electron chi connectivity index (χ2n) is 5.45. The Morgan fingerprint density at radius 3 is 2.67 bits per heavy atom. The number of aliphatic hydroxyl groups excluding tert-OH is 1. The fraction of sp³-hybridized carbons (Fsp3) is 0.267. The molecule has 24 heavy (non-hydrogen) atoms. The molecule has 0 bridgehead atoms. The van der Waals surface area contributed by atoms with Crippen LogP contribution in [0, 0.1) is 17.0 Å². The minimum absolute atomic E-state index is 0.0217. The van der Waals surface area contributed by atoms with Gasteiger partial charge in [-0.15, -0.1) is 0 Å². The average Bonchev–Trinajstić information content (AvgIpc) is 3.01. The lowest BCUT2D eigenvalue weighted by molar-refractivity contribution is -0.385. The molecule has 1 N–H and O–H groups in total. The molecule has 0 spiro atoms. The van der Waals surface area contributed by atoms with Gasteiger partial charge in [-0.05, 0) is 13.0 Å². The predicted octanol–water partition coefficient (Wildman–Crippen LogP) is 0.871. The summed E-state index contributed by atoms with van der Waals surface area (Å²) < 4.78 is 2.47. The second kappa shape index (κ2) is 6.20. The number of aromatic nitrogens is 4. The lowest BCUT2D eigenvalue weighted by atomic mass is 10.1. The standard InChI is InChI=1S/C15H15N5O4/c1-10-13-4-2-3-5-14(13)15(22)19(17-10)9-12(21)8-18-7-11(6-16-18)20(23)24/h2-7,12,21H,8-9H2,1H3/t12-/m1/s1. The van der Waals surface area contributed by atoms with E-state index in [1.807, 2.05) is 12.1 Å². The summed E-state index contributed by atoms with van der Waals surface area (Å²) >= 11 is 0. The van der Waals surface area contributed by atoms with Crippen molar-refractivity contribution in [1.29, 1.82) is 0 Å². The van der Waals surface area contributed by atoms with Crippen LogP contribution < -0.4 is 5.56 Å². The monoisotopic (exact) mass is 329 g/mol. The largest absolute Gasteiger partial charge is 0.389 e. The van der Waals surface area contributed by atoms with E-state index in [0.717, 1.165) is 11.6 Å². The molecule has 2 heterocycles. The van der Waals surface area contributed by atoms with Gasteiger partial charge < -0.3 is 5.11 Å². The van der Waals surface area contributed by atoms with Gasteiger partial charge in [-0.1, -0.05) is 18.2 Å². The van der Waals surface area contributed by atoms with Gasteiger partial charge in [0.25, 0.3) is 5.56 Å². The molecule has 0 radical (unpaired) electrons. The zero-order valence-electron chi connectivity index (χ0n) is 12.9. The first-order valence-corrected chi connectivity index (χ1v) is 7.27. The SMILES string of the molecule is Cc1nn(C[C@H](O)Cn2cc([N+](=O)[O-])cn2)c(=O)c2ccccc12. The molecule has 9 nitrogen and oxygen atoms in total. The maximum absolute atomic E-state index is 12.4. The molecule has 124 valence electrons. The normalized spacial score (nSPS) is 12.4. The minimum atomic E-state index is -0.963. The molecule has 3 rings (SSSR count). The van der Waals surface area contributed by atoms with Crippen LogP contribution in [-0.4, -0.2) is 35.7 Å². The van der Waals surface area contributed by atoms with Gasteiger partial charge in [-0.2, -0.15) is 10.2 Å². The number of nitro groups is 1. The van der Waals surface area contributed by atoms with E-state index in [9.17, 15) is 20.0 Å². The van der Waals surface area contributed by atoms with Gasteiger partial charge in [0, 0.05) is 5.39 Å². The quantitative estimate of drug-likeness (QED) is 0.548. The highest BCUT2D eigenvalue weighted by Gasteiger charge is 2.15. The van der Waals surface area contributed by atoms with Crippen LogP contribution in [0.5, 0.6) is 0 Å². The van der Waals surface area contributed by atoms with E-state index >= 15 is 0 Å². The molecule has 0 aliphatic carbocycles. The van der Waals surface area contributed by atoms with Crippen LogP contribution in [0.1, 0.15) is 5.69 Å². The van der Waals surface area contributed by atoms with Gasteiger partial charge in [0.15, 0.2) is 0 Å². The third kappa shape index (κ3) is 3.01. The Kier molecular flexibility index (Phi) is 4.09. The summed E-state index contributed by atoms with van der Waals surface area (Å²) in [5.74, 6) is 0. The highest BCUT2D eigenvalue weighted by Crippen LogP contribution is 2.12. The zero-order valence-corrected chi connectivity index (χ0v) is 12.9. The van der Waals surface area contributed by atoms with E-state index < -0.39 is 11.0 Å². The molecule has 1 atom stereocenters. The Bertz CT molecular complexity index is 962. The van der Waals surface area contributed by atoms with Crippen molar-refractivity contribution in [3.8, 4) is 0 Å². The number of aryl methyl sites for hydroxylation is 1. The first-order valence-electron chi connectivity index (χ1n) is 7.27. The second-order valence-corrected chi connectivity index (χ2v) is 5.45. The summed E-state index contributed by atoms with van der Waals surface area (Å²) in [6, 6.07) is 7.14. The number of benzene rings is 1. The molecule has 3 aromatic rings. The van der Waals surface area contributed by atoms with Crippen molar-refractivity contribution in [2.75, 3.05) is 0 Å². The first kappa shape index (κ1) is 15.8. The molecule has 0 saturated carbocycles. The van der Waals surface area contributed by atoms with Gasteiger partial charge in [0.2, 0.25) is 0 Å². The van der Waals surface area contributed by atoms with Crippen LogP contribution in [0.4, 0.5) is 5.69 Å². The highest BCUT2D eigenvalue weighted by atomic mass is 16.6. The van der Waals surface area contributed by atoms with Crippen molar-refractivity contribution in [1.82, 2.24) is 19.6 Å². The van der Waals surface area contributed by atoms with Crippen molar-refractivity contribution < 1.29 is 10.0 Å². The maximum atomic E-state index is 12.4. The number of fused-ring (bicyclic) bond motifs is 1. The third-order valence-electron chi connectivity index (χ3n) is 3.66. The summed E-state index contributed by atoms with van der Waals surface area (Å²) in [6.45, 7) is 1.79. The molecule has 0 fully saturated rings. The first-order chi connectivity index (χ1) is 11.5. The van der Waals surface area contributed by atoms with Gasteiger partial charge >= 0.3 is 5.69 Å². The molecule has 0 aliphatic rings. The Hall–Kier alpha value is -3.07. The van der Waals surface area contributed by atoms with Crippen LogP contribution in [0.25, 0.3) is 10.8 Å². The number of rotatable bonds is 5. The summed E-state index contributed by atoms with van der Waals surface area (Å²) in [5.41, 5.74) is 0.243. The third-order valence-corrected chi connectivity index (χ3v) is 3.66. The smallest absolute Gasteiger partial charge is 0.306 e. The Balaban J connectivity index is 1.82. The van der Waals surface area contributed by atoms with E-state index in [-0.39, 0.29) is 24.3 Å². The van der Waals surface area contributed by atoms with E-state index in [4.69, 9.17) is 0 Å². The highest BCUT2D eigenvalue weighted by molar-refractivity contribution is 5.83. The lowest BCUT2D eigenvalue weighted by Gasteiger charge is -2.13. The molecular weight excluding hydrogens is 314 g/mol. The lowest BCUT2D eigenvalue weighted by Crippen LogP contribution is -2.31. The van der Waals surface area contributed by atoms with E-state index in [1.165, 1.54) is 15.6 Å².